The Morgan fingerprint density at radius 3 is 2.65 bits per heavy atom. The van der Waals surface area contributed by atoms with Gasteiger partial charge in [0.15, 0.2) is 5.82 Å². The fourth-order valence-corrected chi connectivity index (χ4v) is 2.14. The van der Waals surface area contributed by atoms with E-state index in [0.717, 1.165) is 37.8 Å². The lowest BCUT2D eigenvalue weighted by atomic mass is 10.3. The number of para-hydroxylation sites is 1. The Morgan fingerprint density at radius 1 is 1.15 bits per heavy atom. The number of aromatic nitrogens is 3. The highest BCUT2D eigenvalue weighted by molar-refractivity contribution is 5.56. The summed E-state index contributed by atoms with van der Waals surface area (Å²) in [5.74, 6) is 1.45. The van der Waals surface area contributed by atoms with Crippen LogP contribution in [0, 0.1) is 0 Å². The van der Waals surface area contributed by atoms with Gasteiger partial charge in [0.1, 0.15) is 0 Å². The molecule has 2 heterocycles. The van der Waals surface area contributed by atoms with Gasteiger partial charge in [-0.15, -0.1) is 5.10 Å². The number of anilines is 3. The summed E-state index contributed by atoms with van der Waals surface area (Å²) in [6, 6.07) is 10.0. The van der Waals surface area contributed by atoms with E-state index in [9.17, 15) is 0 Å². The molecule has 20 heavy (non-hydrogen) atoms. The van der Waals surface area contributed by atoms with Gasteiger partial charge in [-0.25, -0.2) is 0 Å². The fourth-order valence-electron chi connectivity index (χ4n) is 2.14. The van der Waals surface area contributed by atoms with Gasteiger partial charge in [0.2, 0.25) is 0 Å². The zero-order valence-corrected chi connectivity index (χ0v) is 11.4. The minimum absolute atomic E-state index is 0.597. The van der Waals surface area contributed by atoms with Gasteiger partial charge in [0.05, 0.1) is 19.4 Å². The first-order chi connectivity index (χ1) is 9.84. The maximum atomic E-state index is 5.35. The second kappa shape index (κ2) is 5.83. The molecule has 0 bridgehead atoms. The van der Waals surface area contributed by atoms with Crippen LogP contribution in [0.15, 0.2) is 36.5 Å². The van der Waals surface area contributed by atoms with Crippen LogP contribution in [0.2, 0.25) is 0 Å². The molecular weight excluding hydrogens is 254 g/mol. The van der Waals surface area contributed by atoms with Crippen molar-refractivity contribution in [2.75, 3.05) is 43.2 Å². The third-order valence-corrected chi connectivity index (χ3v) is 3.31. The molecule has 0 atom stereocenters. The summed E-state index contributed by atoms with van der Waals surface area (Å²) >= 11 is 0. The molecule has 1 aromatic heterocycles. The molecule has 0 saturated carbocycles. The first-order valence-electron chi connectivity index (χ1n) is 6.66. The highest BCUT2D eigenvalue weighted by Crippen LogP contribution is 2.21. The summed E-state index contributed by atoms with van der Waals surface area (Å²) in [6.45, 7) is 3.14. The van der Waals surface area contributed by atoms with Crippen LogP contribution in [-0.2, 0) is 4.74 Å². The third kappa shape index (κ3) is 2.70. The zero-order valence-electron chi connectivity index (χ0n) is 11.4. The van der Waals surface area contributed by atoms with E-state index in [0.29, 0.717) is 5.95 Å². The van der Waals surface area contributed by atoms with Gasteiger partial charge >= 0.3 is 0 Å². The maximum absolute atomic E-state index is 5.35. The molecule has 1 aromatic carbocycles. The van der Waals surface area contributed by atoms with E-state index in [2.05, 4.69) is 20.1 Å². The smallest absolute Gasteiger partial charge is 0.251 e. The summed E-state index contributed by atoms with van der Waals surface area (Å²) in [5, 5.41) is 8.19. The molecule has 0 radical (unpaired) electrons. The minimum atomic E-state index is 0.597. The summed E-state index contributed by atoms with van der Waals surface area (Å²) in [7, 11) is 1.94. The number of morpholine rings is 1. The van der Waals surface area contributed by atoms with Crippen molar-refractivity contribution in [3.8, 4) is 0 Å². The van der Waals surface area contributed by atoms with Crippen LogP contribution >= 0.6 is 0 Å². The second-order valence-electron chi connectivity index (χ2n) is 4.61. The predicted octanol–water partition coefficient (Wildman–Crippen LogP) is 1.48. The summed E-state index contributed by atoms with van der Waals surface area (Å²) < 4.78 is 5.35. The Bertz CT molecular complexity index is 557. The molecule has 0 spiro atoms. The number of benzene rings is 1. The summed E-state index contributed by atoms with van der Waals surface area (Å²) in [5.41, 5.74) is 1.04. The normalized spacial score (nSPS) is 15.2. The molecule has 3 rings (SSSR count). The van der Waals surface area contributed by atoms with Crippen molar-refractivity contribution in [3.05, 3.63) is 36.5 Å². The first-order valence-corrected chi connectivity index (χ1v) is 6.66. The van der Waals surface area contributed by atoms with E-state index in [4.69, 9.17) is 4.74 Å². The molecule has 1 saturated heterocycles. The van der Waals surface area contributed by atoms with E-state index in [1.807, 2.05) is 42.3 Å². The van der Waals surface area contributed by atoms with Crippen molar-refractivity contribution in [2.24, 2.45) is 0 Å². The van der Waals surface area contributed by atoms with Crippen LogP contribution in [0.4, 0.5) is 17.5 Å². The molecule has 2 aromatic rings. The molecule has 1 fully saturated rings. The topological polar surface area (TPSA) is 54.4 Å². The van der Waals surface area contributed by atoms with Crippen molar-refractivity contribution < 1.29 is 4.74 Å². The molecule has 1 aliphatic rings. The molecule has 6 nitrogen and oxygen atoms in total. The van der Waals surface area contributed by atoms with Crippen molar-refractivity contribution in [1.82, 2.24) is 15.2 Å². The van der Waals surface area contributed by atoms with Crippen LogP contribution in [0.5, 0.6) is 0 Å². The average Bonchev–Trinajstić information content (AvgIpc) is 2.56. The highest BCUT2D eigenvalue weighted by atomic mass is 16.5. The third-order valence-electron chi connectivity index (χ3n) is 3.31. The molecule has 0 N–H and O–H groups in total. The predicted molar refractivity (Wildman–Crippen MR) is 77.4 cm³/mol. The van der Waals surface area contributed by atoms with Gasteiger partial charge in [-0.05, 0) is 12.1 Å². The van der Waals surface area contributed by atoms with Crippen molar-refractivity contribution in [3.63, 3.8) is 0 Å². The maximum Gasteiger partial charge on any atom is 0.251 e. The van der Waals surface area contributed by atoms with Gasteiger partial charge in [-0.3, -0.25) is 0 Å². The SMILES string of the molecule is CN(c1ccccc1)c1nncc(N2CCOCC2)n1. The van der Waals surface area contributed by atoms with Gasteiger partial charge in [0.25, 0.3) is 5.95 Å². The van der Waals surface area contributed by atoms with Crippen LogP contribution in [-0.4, -0.2) is 48.5 Å². The quantitative estimate of drug-likeness (QED) is 0.842. The van der Waals surface area contributed by atoms with Crippen molar-refractivity contribution in [1.29, 1.82) is 0 Å². The van der Waals surface area contributed by atoms with E-state index in [-0.39, 0.29) is 0 Å². The van der Waals surface area contributed by atoms with Gasteiger partial charge in [-0.1, -0.05) is 18.2 Å². The molecule has 6 heteroatoms. The highest BCUT2D eigenvalue weighted by Gasteiger charge is 2.15. The number of hydrogen-bond donors (Lipinski definition) is 0. The van der Waals surface area contributed by atoms with Crippen molar-refractivity contribution >= 4 is 17.5 Å². The molecule has 104 valence electrons. The Balaban J connectivity index is 1.83. The lowest BCUT2D eigenvalue weighted by Crippen LogP contribution is -2.37. The number of nitrogens with zero attached hydrogens (tertiary/aromatic N) is 5. The molecule has 0 unspecified atom stereocenters. The number of hydrogen-bond acceptors (Lipinski definition) is 6. The van der Waals surface area contributed by atoms with Crippen LogP contribution in [0.1, 0.15) is 0 Å². The zero-order chi connectivity index (χ0) is 13.8. The first kappa shape index (κ1) is 12.8. The second-order valence-corrected chi connectivity index (χ2v) is 4.61. The van der Waals surface area contributed by atoms with E-state index >= 15 is 0 Å². The number of rotatable bonds is 3. The minimum Gasteiger partial charge on any atom is -0.378 e. The lowest BCUT2D eigenvalue weighted by molar-refractivity contribution is 0.122. The molecule has 0 amide bonds. The lowest BCUT2D eigenvalue weighted by Gasteiger charge is -2.28. The Morgan fingerprint density at radius 2 is 1.90 bits per heavy atom. The summed E-state index contributed by atoms with van der Waals surface area (Å²) in [4.78, 5) is 8.69. The molecule has 1 aliphatic heterocycles. The Kier molecular flexibility index (Phi) is 3.73. The van der Waals surface area contributed by atoms with Crippen LogP contribution < -0.4 is 9.80 Å². The largest absolute Gasteiger partial charge is 0.378 e. The molecular formula is C14H17N5O. The average molecular weight is 271 g/mol. The monoisotopic (exact) mass is 271 g/mol. The van der Waals surface area contributed by atoms with Crippen molar-refractivity contribution in [2.45, 2.75) is 0 Å². The summed E-state index contributed by atoms with van der Waals surface area (Å²) in [6.07, 6.45) is 1.70. The molecule has 0 aliphatic carbocycles. The standard InChI is InChI=1S/C14H17N5O/c1-18(12-5-3-2-4-6-12)14-16-13(11-15-17-14)19-7-9-20-10-8-19/h2-6,11H,7-10H2,1H3. The van der Waals surface area contributed by atoms with Gasteiger partial charge in [-0.2, -0.15) is 10.1 Å². The Hall–Kier alpha value is -2.21. The number of ether oxygens (including phenoxy) is 1. The Labute approximate surface area is 118 Å². The van der Waals surface area contributed by atoms with E-state index < -0.39 is 0 Å². The van der Waals surface area contributed by atoms with Gasteiger partial charge in [0, 0.05) is 25.8 Å². The van der Waals surface area contributed by atoms with E-state index in [1.54, 1.807) is 6.20 Å². The fraction of sp³-hybridized carbons (Fsp3) is 0.357. The van der Waals surface area contributed by atoms with Crippen LogP contribution in [0.25, 0.3) is 0 Å². The van der Waals surface area contributed by atoms with E-state index in [1.165, 1.54) is 0 Å². The van der Waals surface area contributed by atoms with Gasteiger partial charge < -0.3 is 14.5 Å². The van der Waals surface area contributed by atoms with Crippen LogP contribution in [0.3, 0.4) is 0 Å².